The van der Waals surface area contributed by atoms with Gasteiger partial charge in [-0.25, -0.2) is 4.98 Å². The molecule has 1 aliphatic carbocycles. The minimum absolute atomic E-state index is 0.0460. The van der Waals surface area contributed by atoms with E-state index in [-0.39, 0.29) is 5.56 Å². The highest BCUT2D eigenvalue weighted by molar-refractivity contribution is 5.43. The summed E-state index contributed by atoms with van der Waals surface area (Å²) in [7, 11) is 0. The predicted octanol–water partition coefficient (Wildman–Crippen LogP) is 2.67. The van der Waals surface area contributed by atoms with Crippen LogP contribution in [0, 0.1) is 13.8 Å². The van der Waals surface area contributed by atoms with Crippen molar-refractivity contribution in [3.63, 3.8) is 0 Å². The largest absolute Gasteiger partial charge is 0.366 e. The standard InChI is InChI=1S/C19H21N5O/c1-12-5-3-6-14(9-12)11-20-17-10-13(2)23-24(17)19-21-16-8-4-7-15(16)18(25)22-19/h3,5-6,9-10,20H,4,7-8,11H2,1-2H3,(H,21,22,25). The van der Waals surface area contributed by atoms with Gasteiger partial charge in [0, 0.05) is 18.2 Å². The minimum atomic E-state index is -0.0460. The zero-order valence-electron chi connectivity index (χ0n) is 14.5. The second-order valence-electron chi connectivity index (χ2n) is 6.59. The lowest BCUT2D eigenvalue weighted by molar-refractivity contribution is 0.778. The maximum atomic E-state index is 12.3. The van der Waals surface area contributed by atoms with Crippen LogP contribution in [-0.4, -0.2) is 19.7 Å². The van der Waals surface area contributed by atoms with Gasteiger partial charge in [-0.1, -0.05) is 29.8 Å². The molecular weight excluding hydrogens is 314 g/mol. The Morgan fingerprint density at radius 2 is 2.12 bits per heavy atom. The summed E-state index contributed by atoms with van der Waals surface area (Å²) in [5.41, 5.74) is 4.97. The van der Waals surface area contributed by atoms with Gasteiger partial charge in [0.2, 0.25) is 5.95 Å². The zero-order valence-corrected chi connectivity index (χ0v) is 14.5. The molecule has 0 aliphatic heterocycles. The number of aromatic nitrogens is 4. The Balaban J connectivity index is 1.65. The number of fused-ring (bicyclic) bond motifs is 1. The molecule has 0 atom stereocenters. The first-order valence-electron chi connectivity index (χ1n) is 8.59. The Kier molecular flexibility index (Phi) is 3.87. The van der Waals surface area contributed by atoms with Crippen LogP contribution in [0.5, 0.6) is 0 Å². The molecule has 1 aromatic carbocycles. The lowest BCUT2D eigenvalue weighted by atomic mass is 10.1. The molecule has 0 fully saturated rings. The van der Waals surface area contributed by atoms with Gasteiger partial charge in [-0.05, 0) is 38.7 Å². The highest BCUT2D eigenvalue weighted by Gasteiger charge is 2.19. The SMILES string of the molecule is Cc1cccc(CNc2cc(C)nn2-c2nc3c(c(=O)[nH]2)CCC3)c1. The van der Waals surface area contributed by atoms with E-state index >= 15 is 0 Å². The molecule has 6 nitrogen and oxygen atoms in total. The fourth-order valence-corrected chi connectivity index (χ4v) is 3.33. The molecule has 0 unspecified atom stereocenters. The lowest BCUT2D eigenvalue weighted by Crippen LogP contribution is -2.19. The van der Waals surface area contributed by atoms with Crippen LogP contribution in [0.2, 0.25) is 0 Å². The van der Waals surface area contributed by atoms with Crippen molar-refractivity contribution in [2.75, 3.05) is 5.32 Å². The van der Waals surface area contributed by atoms with Gasteiger partial charge >= 0.3 is 0 Å². The number of benzene rings is 1. The van der Waals surface area contributed by atoms with Crippen LogP contribution in [0.3, 0.4) is 0 Å². The monoisotopic (exact) mass is 335 g/mol. The molecule has 0 amide bonds. The van der Waals surface area contributed by atoms with Crippen molar-refractivity contribution in [1.82, 2.24) is 19.7 Å². The fraction of sp³-hybridized carbons (Fsp3) is 0.316. The summed E-state index contributed by atoms with van der Waals surface area (Å²) in [6.07, 6.45) is 2.67. The van der Waals surface area contributed by atoms with Crippen molar-refractivity contribution in [2.24, 2.45) is 0 Å². The topological polar surface area (TPSA) is 75.6 Å². The van der Waals surface area contributed by atoms with Crippen LogP contribution < -0.4 is 10.9 Å². The molecule has 6 heteroatoms. The van der Waals surface area contributed by atoms with Crippen molar-refractivity contribution in [1.29, 1.82) is 0 Å². The normalized spacial score (nSPS) is 13.0. The van der Waals surface area contributed by atoms with Crippen LogP contribution in [0.4, 0.5) is 5.82 Å². The third-order valence-corrected chi connectivity index (χ3v) is 4.52. The highest BCUT2D eigenvalue weighted by atomic mass is 16.1. The maximum absolute atomic E-state index is 12.3. The van der Waals surface area contributed by atoms with E-state index in [9.17, 15) is 4.79 Å². The van der Waals surface area contributed by atoms with Crippen LogP contribution in [0.1, 0.15) is 34.5 Å². The van der Waals surface area contributed by atoms with Gasteiger partial charge in [0.1, 0.15) is 5.82 Å². The molecule has 25 heavy (non-hydrogen) atoms. The van der Waals surface area contributed by atoms with Crippen LogP contribution in [0.15, 0.2) is 35.1 Å². The molecule has 0 radical (unpaired) electrons. The summed E-state index contributed by atoms with van der Waals surface area (Å²) < 4.78 is 1.69. The molecule has 2 N–H and O–H groups in total. The van der Waals surface area contributed by atoms with Gasteiger partial charge in [-0.3, -0.25) is 9.78 Å². The Morgan fingerprint density at radius 1 is 1.24 bits per heavy atom. The fourth-order valence-electron chi connectivity index (χ4n) is 3.33. The van der Waals surface area contributed by atoms with Gasteiger partial charge in [0.25, 0.3) is 5.56 Å². The molecule has 4 rings (SSSR count). The van der Waals surface area contributed by atoms with E-state index in [1.165, 1.54) is 11.1 Å². The summed E-state index contributed by atoms with van der Waals surface area (Å²) in [4.78, 5) is 19.8. The van der Waals surface area contributed by atoms with Crippen LogP contribution in [-0.2, 0) is 19.4 Å². The van der Waals surface area contributed by atoms with Gasteiger partial charge < -0.3 is 5.32 Å². The Bertz CT molecular complexity index is 986. The van der Waals surface area contributed by atoms with Crippen molar-refractivity contribution >= 4 is 5.82 Å². The third-order valence-electron chi connectivity index (χ3n) is 4.52. The molecule has 3 aromatic rings. The van der Waals surface area contributed by atoms with Crippen molar-refractivity contribution in [3.8, 4) is 5.95 Å². The zero-order chi connectivity index (χ0) is 17.4. The number of anilines is 1. The average Bonchev–Trinajstić information content (AvgIpc) is 3.19. The third kappa shape index (κ3) is 3.07. The highest BCUT2D eigenvalue weighted by Crippen LogP contribution is 2.19. The van der Waals surface area contributed by atoms with Crippen molar-refractivity contribution < 1.29 is 0 Å². The van der Waals surface area contributed by atoms with Crippen molar-refractivity contribution in [3.05, 3.63) is 68.8 Å². The second kappa shape index (κ2) is 6.20. The van der Waals surface area contributed by atoms with Gasteiger partial charge in [0.15, 0.2) is 0 Å². The van der Waals surface area contributed by atoms with Gasteiger partial charge in [0.05, 0.1) is 11.4 Å². The molecule has 0 bridgehead atoms. The molecule has 2 heterocycles. The van der Waals surface area contributed by atoms with E-state index in [2.05, 4.69) is 51.6 Å². The van der Waals surface area contributed by atoms with E-state index in [0.29, 0.717) is 12.5 Å². The summed E-state index contributed by atoms with van der Waals surface area (Å²) in [5, 5.41) is 7.90. The molecular formula is C19H21N5O. The first-order chi connectivity index (χ1) is 12.1. The number of aromatic amines is 1. The number of aryl methyl sites for hydroxylation is 3. The predicted molar refractivity (Wildman–Crippen MR) is 97.2 cm³/mol. The number of H-pyrrole nitrogens is 1. The summed E-state index contributed by atoms with van der Waals surface area (Å²) in [6.45, 7) is 4.69. The van der Waals surface area contributed by atoms with Gasteiger partial charge in [-0.15, -0.1) is 0 Å². The number of hydrogen-bond donors (Lipinski definition) is 2. The Hall–Kier alpha value is -2.89. The van der Waals surface area contributed by atoms with E-state index in [0.717, 1.165) is 42.0 Å². The number of nitrogens with zero attached hydrogens (tertiary/aromatic N) is 3. The number of hydrogen-bond acceptors (Lipinski definition) is 4. The first kappa shape index (κ1) is 15.6. The lowest BCUT2D eigenvalue weighted by Gasteiger charge is -2.10. The summed E-state index contributed by atoms with van der Waals surface area (Å²) >= 11 is 0. The molecule has 128 valence electrons. The smallest absolute Gasteiger partial charge is 0.255 e. The van der Waals surface area contributed by atoms with Crippen molar-refractivity contribution in [2.45, 2.75) is 39.7 Å². The van der Waals surface area contributed by atoms with E-state index in [1.54, 1.807) is 4.68 Å². The van der Waals surface area contributed by atoms with E-state index < -0.39 is 0 Å². The van der Waals surface area contributed by atoms with Gasteiger partial charge in [-0.2, -0.15) is 9.78 Å². The summed E-state index contributed by atoms with van der Waals surface area (Å²) in [6, 6.07) is 10.3. The maximum Gasteiger partial charge on any atom is 0.255 e. The minimum Gasteiger partial charge on any atom is -0.366 e. The molecule has 0 saturated heterocycles. The Morgan fingerprint density at radius 3 is 2.96 bits per heavy atom. The number of nitrogens with one attached hydrogen (secondary N) is 2. The number of rotatable bonds is 4. The average molecular weight is 335 g/mol. The molecule has 2 aromatic heterocycles. The van der Waals surface area contributed by atoms with E-state index in [1.807, 2.05) is 13.0 Å². The first-order valence-corrected chi connectivity index (χ1v) is 8.59. The Labute approximate surface area is 145 Å². The molecule has 0 spiro atoms. The second-order valence-corrected chi connectivity index (χ2v) is 6.59. The molecule has 1 aliphatic rings. The van der Waals surface area contributed by atoms with Crippen LogP contribution >= 0.6 is 0 Å². The van der Waals surface area contributed by atoms with Crippen LogP contribution in [0.25, 0.3) is 5.95 Å². The quantitative estimate of drug-likeness (QED) is 0.768. The summed E-state index contributed by atoms with van der Waals surface area (Å²) in [5.74, 6) is 1.30. The molecule has 0 saturated carbocycles. The van der Waals surface area contributed by atoms with E-state index in [4.69, 9.17) is 0 Å².